The zero-order chi connectivity index (χ0) is 29.5. The fraction of sp³-hybridized carbons (Fsp3) is 0.562. The number of hydrogen-bond acceptors (Lipinski definition) is 6. The van der Waals surface area contributed by atoms with Gasteiger partial charge in [0.15, 0.2) is 0 Å². The molecule has 1 saturated carbocycles. The Morgan fingerprint density at radius 2 is 1.80 bits per heavy atom. The molecular formula is C32H42N4O4S. The SMILES string of the molecule is CC(C)(C)OC(=O)N[C@@H](Cc1cccs1)C(=O)N1CCC(Cc2ccccc2C#N)(C(=O)NC2CCCCC2)CC1. The first-order valence-electron chi connectivity index (χ1n) is 14.7. The molecule has 1 saturated heterocycles. The second kappa shape index (κ2) is 13.5. The number of likely N-dealkylation sites (tertiary alicyclic amines) is 1. The van der Waals surface area contributed by atoms with Gasteiger partial charge in [0, 0.05) is 30.4 Å². The van der Waals surface area contributed by atoms with E-state index >= 15 is 0 Å². The van der Waals surface area contributed by atoms with Crippen molar-refractivity contribution in [2.75, 3.05) is 13.1 Å². The molecule has 220 valence electrons. The Labute approximate surface area is 247 Å². The average Bonchev–Trinajstić information content (AvgIpc) is 3.46. The first-order valence-corrected chi connectivity index (χ1v) is 15.6. The summed E-state index contributed by atoms with van der Waals surface area (Å²) in [5.41, 5.74) is 0.0314. The normalized spacial score (nSPS) is 18.1. The lowest BCUT2D eigenvalue weighted by atomic mass is 9.72. The minimum Gasteiger partial charge on any atom is -0.444 e. The lowest BCUT2D eigenvalue weighted by Gasteiger charge is -2.42. The van der Waals surface area contributed by atoms with Gasteiger partial charge in [-0.2, -0.15) is 5.26 Å². The van der Waals surface area contributed by atoms with Gasteiger partial charge in [-0.1, -0.05) is 43.5 Å². The van der Waals surface area contributed by atoms with Crippen LogP contribution >= 0.6 is 11.3 Å². The van der Waals surface area contributed by atoms with Crippen LogP contribution in [0, 0.1) is 16.7 Å². The number of nitrogens with one attached hydrogen (secondary N) is 2. The van der Waals surface area contributed by atoms with Gasteiger partial charge in [-0.05, 0) is 76.0 Å². The minimum absolute atomic E-state index is 0.0197. The molecule has 1 aliphatic carbocycles. The number of piperidine rings is 1. The quantitative estimate of drug-likeness (QED) is 0.438. The van der Waals surface area contributed by atoms with Gasteiger partial charge in [-0.25, -0.2) is 4.79 Å². The molecule has 2 heterocycles. The van der Waals surface area contributed by atoms with Crippen LogP contribution in [0.3, 0.4) is 0 Å². The Kier molecular flexibility index (Phi) is 10.1. The Hall–Kier alpha value is -3.38. The van der Waals surface area contributed by atoms with Crippen LogP contribution < -0.4 is 10.6 Å². The molecule has 2 N–H and O–H groups in total. The molecule has 3 amide bonds. The van der Waals surface area contributed by atoms with Crippen molar-refractivity contribution in [3.63, 3.8) is 0 Å². The molecule has 2 fully saturated rings. The predicted molar refractivity (Wildman–Crippen MR) is 159 cm³/mol. The highest BCUT2D eigenvalue weighted by atomic mass is 32.1. The van der Waals surface area contributed by atoms with Crippen molar-refractivity contribution < 1.29 is 19.1 Å². The molecule has 4 rings (SSSR count). The summed E-state index contributed by atoms with van der Waals surface area (Å²) in [5.74, 6) is -0.158. The number of carbonyl (C=O) groups excluding carboxylic acids is 3. The van der Waals surface area contributed by atoms with E-state index < -0.39 is 23.2 Å². The van der Waals surface area contributed by atoms with Crippen LogP contribution in [0.25, 0.3) is 0 Å². The Balaban J connectivity index is 1.51. The van der Waals surface area contributed by atoms with Crippen LogP contribution in [0.4, 0.5) is 4.79 Å². The van der Waals surface area contributed by atoms with Gasteiger partial charge in [0.1, 0.15) is 11.6 Å². The molecule has 0 unspecified atom stereocenters. The van der Waals surface area contributed by atoms with Crippen LogP contribution in [0.5, 0.6) is 0 Å². The maximum Gasteiger partial charge on any atom is 0.408 e. The third-order valence-electron chi connectivity index (χ3n) is 8.10. The Morgan fingerprint density at radius 1 is 1.10 bits per heavy atom. The van der Waals surface area contributed by atoms with E-state index in [-0.39, 0.29) is 17.9 Å². The molecule has 8 nitrogen and oxygen atoms in total. The summed E-state index contributed by atoms with van der Waals surface area (Å²) in [6, 6.07) is 13.0. The number of ether oxygens (including phenoxy) is 1. The van der Waals surface area contributed by atoms with E-state index in [9.17, 15) is 19.6 Å². The number of nitriles is 1. The standard InChI is InChI=1S/C32H42N4O4S/c1-31(2,3)40-30(39)35-27(20-26-14-9-19-41-26)28(37)36-17-15-32(16-18-36,21-23-10-7-8-11-24(23)22-33)29(38)34-25-12-5-4-6-13-25/h7-11,14,19,25,27H,4-6,12-13,15-18,20-21H2,1-3H3,(H,34,38)(H,35,39)/t27-/m0/s1. The van der Waals surface area contributed by atoms with Crippen molar-refractivity contribution in [2.24, 2.45) is 5.41 Å². The minimum atomic E-state index is -0.772. The second-order valence-corrected chi connectivity index (χ2v) is 13.4. The third kappa shape index (κ3) is 8.32. The fourth-order valence-corrected chi connectivity index (χ4v) is 6.62. The summed E-state index contributed by atoms with van der Waals surface area (Å²) in [5, 5.41) is 17.8. The molecule has 9 heteroatoms. The van der Waals surface area contributed by atoms with Gasteiger partial charge in [-0.15, -0.1) is 11.3 Å². The summed E-state index contributed by atoms with van der Waals surface area (Å²) < 4.78 is 5.45. The topological polar surface area (TPSA) is 112 Å². The van der Waals surface area contributed by atoms with Gasteiger partial charge < -0.3 is 20.3 Å². The smallest absolute Gasteiger partial charge is 0.408 e. The molecule has 2 aromatic rings. The number of thiophene rings is 1. The number of benzene rings is 1. The van der Waals surface area contributed by atoms with Gasteiger partial charge in [0.25, 0.3) is 0 Å². The van der Waals surface area contributed by atoms with Gasteiger partial charge >= 0.3 is 6.09 Å². The molecule has 2 aliphatic rings. The number of carbonyl (C=O) groups is 3. The molecule has 41 heavy (non-hydrogen) atoms. The van der Waals surface area contributed by atoms with Gasteiger partial charge in [0.2, 0.25) is 11.8 Å². The zero-order valence-corrected chi connectivity index (χ0v) is 25.2. The highest BCUT2D eigenvalue weighted by molar-refractivity contribution is 7.09. The summed E-state index contributed by atoms with van der Waals surface area (Å²) >= 11 is 1.54. The van der Waals surface area contributed by atoms with Crippen molar-refractivity contribution in [3.05, 3.63) is 57.8 Å². The maximum atomic E-state index is 13.9. The van der Waals surface area contributed by atoms with E-state index in [1.165, 1.54) is 17.8 Å². The van der Waals surface area contributed by atoms with Crippen molar-refractivity contribution in [1.82, 2.24) is 15.5 Å². The van der Waals surface area contributed by atoms with Gasteiger partial charge in [-0.3, -0.25) is 9.59 Å². The molecule has 1 aliphatic heterocycles. The number of nitrogens with zero attached hydrogens (tertiary/aromatic N) is 2. The number of rotatable bonds is 8. The Bertz CT molecular complexity index is 1230. The molecule has 1 atom stereocenters. The summed E-state index contributed by atoms with van der Waals surface area (Å²) in [6.45, 7) is 6.15. The van der Waals surface area contributed by atoms with E-state index in [0.717, 1.165) is 36.1 Å². The van der Waals surface area contributed by atoms with E-state index in [0.29, 0.717) is 44.3 Å². The van der Waals surface area contributed by atoms with Crippen LogP contribution in [-0.4, -0.2) is 53.6 Å². The van der Waals surface area contributed by atoms with Crippen LogP contribution in [-0.2, 0) is 27.2 Å². The van der Waals surface area contributed by atoms with E-state index in [1.807, 2.05) is 35.7 Å². The monoisotopic (exact) mass is 578 g/mol. The van der Waals surface area contributed by atoms with Crippen molar-refractivity contribution in [3.8, 4) is 6.07 Å². The molecule has 0 radical (unpaired) electrons. The maximum absolute atomic E-state index is 13.9. The molecule has 1 aromatic carbocycles. The number of hydrogen-bond donors (Lipinski definition) is 2. The predicted octanol–water partition coefficient (Wildman–Crippen LogP) is 5.36. The van der Waals surface area contributed by atoms with E-state index in [1.54, 1.807) is 31.7 Å². The third-order valence-corrected chi connectivity index (χ3v) is 8.99. The zero-order valence-electron chi connectivity index (χ0n) is 24.4. The van der Waals surface area contributed by atoms with Crippen molar-refractivity contribution in [2.45, 2.75) is 96.2 Å². The van der Waals surface area contributed by atoms with Crippen LogP contribution in [0.1, 0.15) is 81.7 Å². The highest BCUT2D eigenvalue weighted by Gasteiger charge is 2.44. The molecular weight excluding hydrogens is 536 g/mol. The molecule has 0 spiro atoms. The van der Waals surface area contributed by atoms with E-state index in [2.05, 4.69) is 16.7 Å². The average molecular weight is 579 g/mol. The summed E-state index contributed by atoms with van der Waals surface area (Å²) in [6.07, 6.45) is 6.57. The van der Waals surface area contributed by atoms with Crippen molar-refractivity contribution in [1.29, 1.82) is 5.26 Å². The summed E-state index contributed by atoms with van der Waals surface area (Å²) in [7, 11) is 0. The van der Waals surface area contributed by atoms with Crippen molar-refractivity contribution >= 4 is 29.2 Å². The van der Waals surface area contributed by atoms with Gasteiger partial charge in [0.05, 0.1) is 17.0 Å². The number of alkyl carbamates (subject to hydrolysis) is 1. The first-order chi connectivity index (χ1) is 19.6. The fourth-order valence-electron chi connectivity index (χ4n) is 5.87. The molecule has 0 bridgehead atoms. The lowest BCUT2D eigenvalue weighted by Crippen LogP contribution is -2.56. The Morgan fingerprint density at radius 3 is 2.44 bits per heavy atom. The lowest BCUT2D eigenvalue weighted by molar-refractivity contribution is -0.142. The van der Waals surface area contributed by atoms with Crippen LogP contribution in [0.2, 0.25) is 0 Å². The summed E-state index contributed by atoms with van der Waals surface area (Å²) in [4.78, 5) is 43.1. The first kappa shape index (κ1) is 30.6. The largest absolute Gasteiger partial charge is 0.444 e. The number of amides is 3. The van der Waals surface area contributed by atoms with E-state index in [4.69, 9.17) is 4.74 Å². The molecule has 1 aromatic heterocycles. The second-order valence-electron chi connectivity index (χ2n) is 12.3. The van der Waals surface area contributed by atoms with Crippen LogP contribution in [0.15, 0.2) is 41.8 Å². The highest BCUT2D eigenvalue weighted by Crippen LogP contribution is 2.37.